The maximum atomic E-state index is 12.8. The number of unbranched alkanes of at least 4 members (excludes halogenated alkanes) is 1. The summed E-state index contributed by atoms with van der Waals surface area (Å²) in [6.07, 6.45) is 0.991. The maximum Gasteiger partial charge on any atom is 0.345 e. The molecule has 1 fully saturated rings. The lowest BCUT2D eigenvalue weighted by Crippen LogP contribution is -2.47. The van der Waals surface area contributed by atoms with Gasteiger partial charge in [0.25, 0.3) is 5.91 Å². The minimum Gasteiger partial charge on any atom is -0.507 e. The summed E-state index contributed by atoms with van der Waals surface area (Å²) in [7, 11) is -2.92. The summed E-state index contributed by atoms with van der Waals surface area (Å²) in [5.74, 6) is -2.91. The average molecular weight is 579 g/mol. The van der Waals surface area contributed by atoms with Gasteiger partial charge in [-0.25, -0.2) is 13.8 Å². The van der Waals surface area contributed by atoms with Crippen molar-refractivity contribution in [1.82, 2.24) is 15.4 Å². The van der Waals surface area contributed by atoms with Gasteiger partial charge in [-0.1, -0.05) is 12.1 Å². The van der Waals surface area contributed by atoms with E-state index in [4.69, 9.17) is 4.74 Å². The number of methoxy groups -OCH3 is 1. The van der Waals surface area contributed by atoms with Crippen LogP contribution >= 0.6 is 0 Å². The van der Waals surface area contributed by atoms with Crippen LogP contribution in [0.4, 0.5) is 5.69 Å². The molecule has 0 spiro atoms. The number of rotatable bonds is 12. The van der Waals surface area contributed by atoms with Gasteiger partial charge in [0, 0.05) is 19.9 Å². The second-order valence-corrected chi connectivity index (χ2v) is 10.4. The van der Waals surface area contributed by atoms with Crippen LogP contribution in [-0.2, 0) is 35.8 Å². The van der Waals surface area contributed by atoms with Crippen LogP contribution in [0, 0.1) is 0 Å². The van der Waals surface area contributed by atoms with Gasteiger partial charge in [0.1, 0.15) is 35.4 Å². The molecule has 1 heterocycles. The number of phenols is 2. The predicted molar refractivity (Wildman–Crippen MR) is 141 cm³/mol. The van der Waals surface area contributed by atoms with Crippen molar-refractivity contribution in [2.24, 2.45) is 0 Å². The van der Waals surface area contributed by atoms with Gasteiger partial charge in [-0.2, -0.15) is 8.42 Å². The van der Waals surface area contributed by atoms with Gasteiger partial charge < -0.3 is 30.3 Å². The van der Waals surface area contributed by atoms with Crippen molar-refractivity contribution in [2.45, 2.75) is 32.2 Å². The molecule has 3 rings (SSSR count). The van der Waals surface area contributed by atoms with E-state index in [1.54, 1.807) is 0 Å². The molecule has 2 aromatic rings. The molecule has 14 nitrogen and oxygen atoms in total. The van der Waals surface area contributed by atoms with E-state index in [9.17, 15) is 37.8 Å². The highest BCUT2D eigenvalue weighted by molar-refractivity contribution is 7.92. The van der Waals surface area contributed by atoms with Crippen LogP contribution in [-0.4, -0.2) is 75.2 Å². The molecule has 3 amide bonds. The Morgan fingerprint density at radius 2 is 1.88 bits per heavy atom. The molecule has 1 saturated heterocycles. The number of esters is 1. The van der Waals surface area contributed by atoms with Crippen molar-refractivity contribution in [1.29, 1.82) is 0 Å². The summed E-state index contributed by atoms with van der Waals surface area (Å²) >= 11 is 0. The van der Waals surface area contributed by atoms with E-state index in [1.807, 2.05) is 4.72 Å². The Bertz CT molecular complexity index is 1400. The highest BCUT2D eigenvalue weighted by atomic mass is 32.2. The molecule has 0 radical (unpaired) electrons. The van der Waals surface area contributed by atoms with Gasteiger partial charge in [-0.3, -0.25) is 14.4 Å². The Kier molecular flexibility index (Phi) is 9.77. The molecular formula is C25H30N4O10S. The average Bonchev–Trinajstić information content (AvgIpc) is 3.16. The lowest BCUT2D eigenvalue weighted by molar-refractivity contribution is -0.128. The van der Waals surface area contributed by atoms with E-state index in [0.29, 0.717) is 18.4 Å². The summed E-state index contributed by atoms with van der Waals surface area (Å²) < 4.78 is 36.9. The number of nitrogens with one attached hydrogen (secondary N) is 3. The molecule has 15 heteroatoms. The first kappa shape index (κ1) is 30.0. The highest BCUT2D eigenvalue weighted by Crippen LogP contribution is 2.32. The number of hydrogen-bond acceptors (Lipinski definition) is 10. The SMILES string of the molecule is COC(=O)c1c(O)cccc1OCCCCNC(=O)C(Cc1ccc(N2CC(=O)NS2(=O)=O)c(O)c1)NC(C)=O. The van der Waals surface area contributed by atoms with Crippen molar-refractivity contribution >= 4 is 39.6 Å². The molecule has 5 N–H and O–H groups in total. The van der Waals surface area contributed by atoms with Crippen molar-refractivity contribution < 1.29 is 47.3 Å². The lowest BCUT2D eigenvalue weighted by Gasteiger charge is -2.20. The number of ether oxygens (including phenoxy) is 2. The van der Waals surface area contributed by atoms with Crippen molar-refractivity contribution in [3.8, 4) is 17.2 Å². The second-order valence-electron chi connectivity index (χ2n) is 8.81. The molecule has 1 aliphatic rings. The van der Waals surface area contributed by atoms with E-state index in [0.717, 1.165) is 4.31 Å². The van der Waals surface area contributed by atoms with E-state index >= 15 is 0 Å². The molecular weight excluding hydrogens is 548 g/mol. The Hall–Kier alpha value is -4.53. The van der Waals surface area contributed by atoms with Crippen LogP contribution in [0.1, 0.15) is 35.7 Å². The molecule has 1 unspecified atom stereocenters. The molecule has 2 aromatic carbocycles. The number of anilines is 1. The lowest BCUT2D eigenvalue weighted by atomic mass is 10.0. The van der Waals surface area contributed by atoms with Gasteiger partial charge >= 0.3 is 16.2 Å². The van der Waals surface area contributed by atoms with Gasteiger partial charge in [0.05, 0.1) is 19.4 Å². The zero-order chi connectivity index (χ0) is 29.4. The zero-order valence-electron chi connectivity index (χ0n) is 21.8. The number of hydrogen-bond donors (Lipinski definition) is 5. The van der Waals surface area contributed by atoms with E-state index in [-0.39, 0.29) is 42.3 Å². The summed E-state index contributed by atoms with van der Waals surface area (Å²) in [6.45, 7) is 1.22. The fraction of sp³-hybridized carbons (Fsp3) is 0.360. The van der Waals surface area contributed by atoms with Crippen LogP contribution in [0.25, 0.3) is 0 Å². The molecule has 0 saturated carbocycles. The zero-order valence-corrected chi connectivity index (χ0v) is 22.6. The summed E-state index contributed by atoms with van der Waals surface area (Å²) in [5, 5.41) is 25.6. The van der Waals surface area contributed by atoms with Gasteiger partial charge in [-0.15, -0.1) is 0 Å². The van der Waals surface area contributed by atoms with Crippen molar-refractivity contribution in [3.63, 3.8) is 0 Å². The molecule has 0 aromatic heterocycles. The third-order valence-corrected chi connectivity index (χ3v) is 7.18. The van der Waals surface area contributed by atoms with Crippen molar-refractivity contribution in [3.05, 3.63) is 47.5 Å². The Labute approximate surface area is 230 Å². The summed E-state index contributed by atoms with van der Waals surface area (Å²) in [6, 6.07) is 7.47. The van der Waals surface area contributed by atoms with E-state index in [2.05, 4.69) is 15.4 Å². The van der Waals surface area contributed by atoms with Gasteiger partial charge in [0.2, 0.25) is 11.8 Å². The maximum absolute atomic E-state index is 12.8. The van der Waals surface area contributed by atoms with Gasteiger partial charge in [0.15, 0.2) is 0 Å². The van der Waals surface area contributed by atoms with Crippen LogP contribution in [0.2, 0.25) is 0 Å². The molecule has 0 bridgehead atoms. The third kappa shape index (κ3) is 7.53. The Morgan fingerprint density at radius 3 is 2.50 bits per heavy atom. The number of carbonyl (C=O) groups is 4. The normalized spacial score (nSPS) is 14.7. The van der Waals surface area contributed by atoms with Crippen LogP contribution in [0.3, 0.4) is 0 Å². The highest BCUT2D eigenvalue weighted by Gasteiger charge is 2.35. The topological polar surface area (TPSA) is 201 Å². The van der Waals surface area contributed by atoms with Crippen LogP contribution in [0.15, 0.2) is 36.4 Å². The molecule has 1 atom stereocenters. The molecule has 40 heavy (non-hydrogen) atoms. The minimum absolute atomic E-state index is 0.0000995. The summed E-state index contributed by atoms with van der Waals surface area (Å²) in [5.41, 5.74) is 0.254. The summed E-state index contributed by atoms with van der Waals surface area (Å²) in [4.78, 5) is 47.8. The quantitative estimate of drug-likeness (QED) is 0.170. The monoisotopic (exact) mass is 578 g/mol. The number of amides is 3. The standard InChI is InChI=1S/C25H30N4O10S/c1-15(30)27-17(12-16-8-9-18(20(32)13-16)29-14-22(33)28-40(29,36)37)24(34)26-10-3-4-11-39-21-7-5-6-19(31)23(21)25(35)38-2/h5-9,13,17,31-32H,3-4,10-12,14H2,1-2H3,(H,26,34)(H,27,30)(H,28,33). The number of benzene rings is 2. The second kappa shape index (κ2) is 13.0. The largest absolute Gasteiger partial charge is 0.507 e. The van der Waals surface area contributed by atoms with Gasteiger partial charge in [-0.05, 0) is 42.7 Å². The first-order valence-corrected chi connectivity index (χ1v) is 13.6. The fourth-order valence-corrected chi connectivity index (χ4v) is 5.11. The third-order valence-electron chi connectivity index (χ3n) is 5.78. The fourth-order valence-electron chi connectivity index (χ4n) is 3.95. The molecule has 1 aliphatic heterocycles. The number of aromatic hydroxyl groups is 2. The predicted octanol–water partition coefficient (Wildman–Crippen LogP) is 0.0880. The van der Waals surface area contributed by atoms with E-state index in [1.165, 1.54) is 50.4 Å². The van der Waals surface area contributed by atoms with E-state index < -0.39 is 52.2 Å². The first-order chi connectivity index (χ1) is 18.9. The first-order valence-electron chi connectivity index (χ1n) is 12.2. The minimum atomic E-state index is -4.11. The Balaban J connectivity index is 1.54. The molecule has 216 valence electrons. The van der Waals surface area contributed by atoms with Crippen molar-refractivity contribution in [2.75, 3.05) is 31.1 Å². The number of nitrogens with zero attached hydrogens (tertiary/aromatic N) is 1. The smallest absolute Gasteiger partial charge is 0.345 e. The number of phenolic OH excluding ortho intramolecular Hbond substituents is 2. The van der Waals surface area contributed by atoms with Crippen LogP contribution < -0.4 is 24.4 Å². The molecule has 0 aliphatic carbocycles. The number of carbonyl (C=O) groups excluding carboxylic acids is 4. The van der Waals surface area contributed by atoms with Crippen LogP contribution in [0.5, 0.6) is 17.2 Å². The Morgan fingerprint density at radius 1 is 1.12 bits per heavy atom.